The van der Waals surface area contributed by atoms with Crippen LogP contribution in [0, 0.1) is 0 Å². The van der Waals surface area contributed by atoms with E-state index in [-0.39, 0.29) is 0 Å². The minimum atomic E-state index is 0.514. The van der Waals surface area contributed by atoms with Gasteiger partial charge in [0.1, 0.15) is 0 Å². The number of hydrogen-bond donors (Lipinski definition) is 1. The average Bonchev–Trinajstić information content (AvgIpc) is 2.08. The lowest BCUT2D eigenvalue weighted by atomic mass is 9.79. The van der Waals surface area contributed by atoms with Gasteiger partial charge in [-0.25, -0.2) is 0 Å². The molecule has 0 heterocycles. The first kappa shape index (κ1) is 13.5. The molecule has 1 fully saturated rings. The Labute approximate surface area is 72.6 Å². The molecular weight excluding hydrogens is 134 g/mol. The number of rotatable bonds is 1. The van der Waals surface area contributed by atoms with Crippen LogP contribution in [0.25, 0.3) is 0 Å². The van der Waals surface area contributed by atoms with Crippen LogP contribution in [0.2, 0.25) is 0 Å². The van der Waals surface area contributed by atoms with E-state index >= 15 is 0 Å². The van der Waals surface area contributed by atoms with Crippen LogP contribution in [0.5, 0.6) is 0 Å². The van der Waals surface area contributed by atoms with Crippen molar-refractivity contribution in [2.75, 3.05) is 7.05 Å². The zero-order chi connectivity index (χ0) is 9.33. The Morgan fingerprint density at radius 2 is 1.36 bits per heavy atom. The highest BCUT2D eigenvalue weighted by Crippen LogP contribution is 2.29. The molecule has 0 atom stereocenters. The van der Waals surface area contributed by atoms with Crippen molar-refractivity contribution in [1.82, 2.24) is 5.32 Å². The van der Waals surface area contributed by atoms with E-state index in [2.05, 4.69) is 12.2 Å². The molecule has 1 aliphatic carbocycles. The zero-order valence-corrected chi connectivity index (χ0v) is 9.12. The molecule has 70 valence electrons. The fourth-order valence-corrected chi connectivity index (χ4v) is 0.957. The van der Waals surface area contributed by atoms with Crippen LogP contribution in [-0.4, -0.2) is 12.6 Å². The highest BCUT2D eigenvalue weighted by molar-refractivity contribution is 4.89. The molecule has 0 bridgehead atoms. The topological polar surface area (TPSA) is 12.0 Å². The van der Waals surface area contributed by atoms with Gasteiger partial charge < -0.3 is 5.32 Å². The lowest BCUT2D eigenvalue weighted by molar-refractivity contribution is 0.225. The Hall–Kier alpha value is -0.0400. The maximum absolute atomic E-state index is 3.28. The summed E-state index contributed by atoms with van der Waals surface area (Å²) >= 11 is 0. The first-order valence-electron chi connectivity index (χ1n) is 4.96. The Morgan fingerprint density at radius 1 is 1.00 bits per heavy atom. The predicted octanol–water partition coefficient (Wildman–Crippen LogP) is 3.20. The summed E-state index contributed by atoms with van der Waals surface area (Å²) in [5, 5.41) is 3.28. The van der Waals surface area contributed by atoms with Crippen molar-refractivity contribution in [3.63, 3.8) is 0 Å². The Bertz CT molecular complexity index is 59.8. The summed E-state index contributed by atoms with van der Waals surface area (Å²) in [5.74, 6) is 0. The van der Waals surface area contributed by atoms with Crippen molar-refractivity contribution >= 4 is 0 Å². The van der Waals surface area contributed by atoms with Crippen LogP contribution in [0.1, 0.15) is 53.9 Å². The molecule has 0 spiro atoms. The van der Waals surface area contributed by atoms with Gasteiger partial charge in [0.2, 0.25) is 0 Å². The SMILES string of the molecule is CC.CC.CNC1(C)CCC1. The summed E-state index contributed by atoms with van der Waals surface area (Å²) in [6.07, 6.45) is 4.14. The van der Waals surface area contributed by atoms with E-state index in [1.807, 2.05) is 34.7 Å². The van der Waals surface area contributed by atoms with E-state index in [1.54, 1.807) is 0 Å². The molecule has 0 saturated heterocycles. The standard InChI is InChI=1S/C6H13N.2C2H6/c1-6(7-2)4-3-5-6;2*1-2/h7H,3-5H2,1-2H3;2*1-2H3. The van der Waals surface area contributed by atoms with Crippen LogP contribution in [0.3, 0.4) is 0 Å². The second-order valence-corrected chi connectivity index (χ2v) is 2.66. The second kappa shape index (κ2) is 8.06. The molecule has 11 heavy (non-hydrogen) atoms. The molecule has 1 N–H and O–H groups in total. The van der Waals surface area contributed by atoms with Gasteiger partial charge >= 0.3 is 0 Å². The van der Waals surface area contributed by atoms with Gasteiger partial charge in [0.15, 0.2) is 0 Å². The van der Waals surface area contributed by atoms with Gasteiger partial charge in [-0.3, -0.25) is 0 Å². The van der Waals surface area contributed by atoms with Crippen molar-refractivity contribution in [2.24, 2.45) is 0 Å². The summed E-state index contributed by atoms with van der Waals surface area (Å²) in [7, 11) is 2.04. The first-order chi connectivity index (χ1) is 5.27. The number of nitrogens with one attached hydrogen (secondary N) is 1. The largest absolute Gasteiger partial charge is 0.315 e. The first-order valence-corrected chi connectivity index (χ1v) is 4.96. The molecule has 1 saturated carbocycles. The molecule has 1 nitrogen and oxygen atoms in total. The smallest absolute Gasteiger partial charge is 0.0150 e. The summed E-state index contributed by atoms with van der Waals surface area (Å²) in [6.45, 7) is 10.3. The van der Waals surface area contributed by atoms with Gasteiger partial charge in [-0.2, -0.15) is 0 Å². The fraction of sp³-hybridized carbons (Fsp3) is 1.00. The summed E-state index contributed by atoms with van der Waals surface area (Å²) in [5.41, 5.74) is 0.514. The highest BCUT2D eigenvalue weighted by atomic mass is 14.9. The van der Waals surface area contributed by atoms with Crippen molar-refractivity contribution < 1.29 is 0 Å². The fourth-order valence-electron chi connectivity index (χ4n) is 0.957. The third-order valence-corrected chi connectivity index (χ3v) is 2.06. The Morgan fingerprint density at radius 3 is 1.36 bits per heavy atom. The van der Waals surface area contributed by atoms with Crippen LogP contribution in [0.15, 0.2) is 0 Å². The monoisotopic (exact) mass is 159 g/mol. The van der Waals surface area contributed by atoms with E-state index in [1.165, 1.54) is 19.3 Å². The number of hydrogen-bond acceptors (Lipinski definition) is 1. The molecule has 0 aromatic rings. The Kier molecular flexibility index (Phi) is 9.92. The van der Waals surface area contributed by atoms with Gasteiger partial charge in [-0.1, -0.05) is 27.7 Å². The molecule has 1 heteroatoms. The van der Waals surface area contributed by atoms with Gasteiger partial charge in [0.25, 0.3) is 0 Å². The lowest BCUT2D eigenvalue weighted by Crippen LogP contribution is -2.45. The van der Waals surface area contributed by atoms with Gasteiger partial charge in [-0.15, -0.1) is 0 Å². The van der Waals surface area contributed by atoms with Crippen molar-refractivity contribution in [1.29, 1.82) is 0 Å². The molecule has 0 aliphatic heterocycles. The Balaban J connectivity index is 0. The van der Waals surface area contributed by atoms with Crippen LogP contribution in [-0.2, 0) is 0 Å². The van der Waals surface area contributed by atoms with E-state index in [4.69, 9.17) is 0 Å². The summed E-state index contributed by atoms with van der Waals surface area (Å²) in [4.78, 5) is 0. The lowest BCUT2D eigenvalue weighted by Gasteiger charge is -2.37. The quantitative estimate of drug-likeness (QED) is 0.619. The third-order valence-electron chi connectivity index (χ3n) is 2.06. The molecule has 1 rings (SSSR count). The molecular formula is C10H25N. The van der Waals surface area contributed by atoms with Gasteiger partial charge in [0.05, 0.1) is 0 Å². The van der Waals surface area contributed by atoms with E-state index in [9.17, 15) is 0 Å². The van der Waals surface area contributed by atoms with Crippen LogP contribution in [0.4, 0.5) is 0 Å². The molecule has 0 aromatic carbocycles. The minimum absolute atomic E-state index is 0.514. The van der Waals surface area contributed by atoms with E-state index < -0.39 is 0 Å². The molecule has 0 amide bonds. The minimum Gasteiger partial charge on any atom is -0.315 e. The average molecular weight is 159 g/mol. The molecule has 0 aromatic heterocycles. The van der Waals surface area contributed by atoms with E-state index in [0.717, 1.165) is 0 Å². The summed E-state index contributed by atoms with van der Waals surface area (Å²) < 4.78 is 0. The normalized spacial score (nSPS) is 18.0. The van der Waals surface area contributed by atoms with Crippen molar-refractivity contribution in [3.05, 3.63) is 0 Å². The highest BCUT2D eigenvalue weighted by Gasteiger charge is 2.28. The summed E-state index contributed by atoms with van der Waals surface area (Å²) in [6, 6.07) is 0. The van der Waals surface area contributed by atoms with Crippen molar-refractivity contribution in [2.45, 2.75) is 59.4 Å². The van der Waals surface area contributed by atoms with Crippen molar-refractivity contribution in [3.8, 4) is 0 Å². The van der Waals surface area contributed by atoms with Gasteiger partial charge in [-0.05, 0) is 33.2 Å². The third kappa shape index (κ3) is 5.25. The predicted molar refractivity (Wildman–Crippen MR) is 54.0 cm³/mol. The second-order valence-electron chi connectivity index (χ2n) is 2.66. The molecule has 0 radical (unpaired) electrons. The zero-order valence-electron chi connectivity index (χ0n) is 9.12. The molecule has 1 aliphatic rings. The van der Waals surface area contributed by atoms with E-state index in [0.29, 0.717) is 5.54 Å². The van der Waals surface area contributed by atoms with Crippen LogP contribution < -0.4 is 5.32 Å². The maximum atomic E-state index is 3.28. The maximum Gasteiger partial charge on any atom is 0.0150 e. The van der Waals surface area contributed by atoms with Crippen LogP contribution >= 0.6 is 0 Å². The van der Waals surface area contributed by atoms with Gasteiger partial charge in [0, 0.05) is 5.54 Å². The molecule has 0 unspecified atom stereocenters.